The van der Waals surface area contributed by atoms with Gasteiger partial charge >= 0.3 is 0 Å². The maximum absolute atomic E-state index is 5.13. The molecule has 0 bridgehead atoms. The first-order valence-corrected chi connectivity index (χ1v) is 7.99. The van der Waals surface area contributed by atoms with Crippen LogP contribution < -0.4 is 5.32 Å². The molecule has 2 aromatic rings. The van der Waals surface area contributed by atoms with Crippen LogP contribution in [0.5, 0.6) is 0 Å². The molecule has 0 aliphatic heterocycles. The van der Waals surface area contributed by atoms with E-state index in [1.165, 1.54) is 11.1 Å². The maximum Gasteiger partial charge on any atom is 0.157 e. The normalized spacial score (nSPS) is 10.6. The second-order valence-electron chi connectivity index (χ2n) is 4.75. The van der Waals surface area contributed by atoms with Crippen LogP contribution in [0, 0.1) is 6.92 Å². The molecule has 1 aromatic heterocycles. The van der Waals surface area contributed by atoms with E-state index in [-0.39, 0.29) is 0 Å². The third kappa shape index (κ3) is 5.02. The van der Waals surface area contributed by atoms with Gasteiger partial charge in [0.25, 0.3) is 0 Å². The molecule has 1 heterocycles. The average molecular weight is 303 g/mol. The van der Waals surface area contributed by atoms with Crippen molar-refractivity contribution in [2.24, 2.45) is 0 Å². The van der Waals surface area contributed by atoms with Crippen LogP contribution in [0.2, 0.25) is 0 Å². The molecular formula is C16H21N3OS. The number of nitrogens with one attached hydrogen (secondary N) is 1. The van der Waals surface area contributed by atoms with E-state index in [1.807, 2.05) is 6.07 Å². The first kappa shape index (κ1) is 15.8. The zero-order chi connectivity index (χ0) is 15.1. The van der Waals surface area contributed by atoms with Gasteiger partial charge in [0, 0.05) is 25.5 Å². The number of aromatic nitrogens is 2. The Hall–Kier alpha value is -1.59. The summed E-state index contributed by atoms with van der Waals surface area (Å²) in [4.78, 5) is 8.95. The van der Waals surface area contributed by atoms with E-state index in [4.69, 9.17) is 4.74 Å². The summed E-state index contributed by atoms with van der Waals surface area (Å²) < 4.78 is 5.13. The van der Waals surface area contributed by atoms with Gasteiger partial charge in [0.1, 0.15) is 17.5 Å². The van der Waals surface area contributed by atoms with Crippen molar-refractivity contribution < 1.29 is 4.74 Å². The Kier molecular flexibility index (Phi) is 6.02. The Labute approximate surface area is 130 Å². The monoisotopic (exact) mass is 303 g/mol. The van der Waals surface area contributed by atoms with E-state index in [0.29, 0.717) is 12.4 Å². The zero-order valence-corrected chi connectivity index (χ0v) is 13.5. The molecule has 112 valence electrons. The van der Waals surface area contributed by atoms with E-state index < -0.39 is 0 Å². The summed E-state index contributed by atoms with van der Waals surface area (Å²) in [6, 6.07) is 10.5. The smallest absolute Gasteiger partial charge is 0.157 e. The highest BCUT2D eigenvalue weighted by molar-refractivity contribution is 7.98. The fraction of sp³-hybridized carbons (Fsp3) is 0.375. The van der Waals surface area contributed by atoms with Gasteiger partial charge in [0.15, 0.2) is 5.82 Å². The molecule has 0 aliphatic carbocycles. The van der Waals surface area contributed by atoms with Crippen LogP contribution in [0.25, 0.3) is 0 Å². The van der Waals surface area contributed by atoms with Gasteiger partial charge in [-0.1, -0.05) is 29.8 Å². The lowest BCUT2D eigenvalue weighted by Crippen LogP contribution is -2.05. The molecule has 0 saturated carbocycles. The fourth-order valence-corrected chi connectivity index (χ4v) is 2.83. The van der Waals surface area contributed by atoms with Crippen molar-refractivity contribution in [2.45, 2.75) is 31.2 Å². The molecule has 0 atom stereocenters. The SMILES string of the molecule is CCNc1cc(SCc2cccc(C)c2)nc(COC)n1. The zero-order valence-electron chi connectivity index (χ0n) is 12.7. The van der Waals surface area contributed by atoms with Gasteiger partial charge in [-0.2, -0.15) is 0 Å². The molecule has 0 spiro atoms. The van der Waals surface area contributed by atoms with E-state index in [2.05, 4.69) is 53.4 Å². The fourth-order valence-electron chi connectivity index (χ4n) is 1.97. The first-order valence-electron chi connectivity index (χ1n) is 7.00. The molecule has 4 nitrogen and oxygen atoms in total. The predicted octanol–water partition coefficient (Wildman–Crippen LogP) is 3.66. The Morgan fingerprint density at radius 1 is 1.24 bits per heavy atom. The van der Waals surface area contributed by atoms with Crippen molar-refractivity contribution in [3.8, 4) is 0 Å². The van der Waals surface area contributed by atoms with Crippen LogP contribution in [0.1, 0.15) is 23.9 Å². The third-order valence-corrected chi connectivity index (χ3v) is 3.83. The number of methoxy groups -OCH3 is 1. The number of rotatable bonds is 7. The lowest BCUT2D eigenvalue weighted by molar-refractivity contribution is 0.177. The molecule has 0 radical (unpaired) electrons. The average Bonchev–Trinajstić information content (AvgIpc) is 2.46. The van der Waals surface area contributed by atoms with E-state index in [0.717, 1.165) is 23.1 Å². The first-order chi connectivity index (χ1) is 10.2. The van der Waals surface area contributed by atoms with Crippen molar-refractivity contribution in [2.75, 3.05) is 19.0 Å². The van der Waals surface area contributed by atoms with E-state index >= 15 is 0 Å². The summed E-state index contributed by atoms with van der Waals surface area (Å²) in [6.07, 6.45) is 0. The molecule has 2 rings (SSSR count). The summed E-state index contributed by atoms with van der Waals surface area (Å²) in [7, 11) is 1.66. The number of ether oxygens (including phenoxy) is 1. The summed E-state index contributed by atoms with van der Waals surface area (Å²) in [5.41, 5.74) is 2.58. The minimum absolute atomic E-state index is 0.428. The number of hydrogen-bond acceptors (Lipinski definition) is 5. The minimum atomic E-state index is 0.428. The van der Waals surface area contributed by atoms with Gasteiger partial charge in [-0.3, -0.25) is 0 Å². The highest BCUT2D eigenvalue weighted by atomic mass is 32.2. The molecule has 0 saturated heterocycles. The molecule has 21 heavy (non-hydrogen) atoms. The molecule has 1 aromatic carbocycles. The van der Waals surface area contributed by atoms with Crippen molar-refractivity contribution in [3.05, 3.63) is 47.3 Å². The van der Waals surface area contributed by atoms with Crippen LogP contribution >= 0.6 is 11.8 Å². The van der Waals surface area contributed by atoms with Gasteiger partial charge in [-0.25, -0.2) is 9.97 Å². The number of thioether (sulfide) groups is 1. The van der Waals surface area contributed by atoms with E-state index in [9.17, 15) is 0 Å². The van der Waals surface area contributed by atoms with Gasteiger partial charge < -0.3 is 10.1 Å². The van der Waals surface area contributed by atoms with Crippen molar-refractivity contribution >= 4 is 17.6 Å². The highest BCUT2D eigenvalue weighted by Crippen LogP contribution is 2.23. The van der Waals surface area contributed by atoms with Gasteiger partial charge in [-0.15, -0.1) is 11.8 Å². The van der Waals surface area contributed by atoms with Crippen molar-refractivity contribution in [1.82, 2.24) is 9.97 Å². The Balaban J connectivity index is 2.10. The second kappa shape index (κ2) is 8.00. The molecule has 0 unspecified atom stereocenters. The molecule has 0 amide bonds. The van der Waals surface area contributed by atoms with Gasteiger partial charge in [0.2, 0.25) is 0 Å². The van der Waals surface area contributed by atoms with Crippen LogP contribution in [0.15, 0.2) is 35.4 Å². The number of hydrogen-bond donors (Lipinski definition) is 1. The topological polar surface area (TPSA) is 47.0 Å². The van der Waals surface area contributed by atoms with Gasteiger partial charge in [0.05, 0.1) is 0 Å². The van der Waals surface area contributed by atoms with Crippen LogP contribution in [0.4, 0.5) is 5.82 Å². The summed E-state index contributed by atoms with van der Waals surface area (Å²) >= 11 is 1.72. The largest absolute Gasteiger partial charge is 0.377 e. The number of nitrogens with zero attached hydrogens (tertiary/aromatic N) is 2. The van der Waals surface area contributed by atoms with Crippen LogP contribution in [0.3, 0.4) is 0 Å². The molecular weight excluding hydrogens is 282 g/mol. The summed E-state index contributed by atoms with van der Waals surface area (Å²) in [6.45, 7) is 5.43. The highest BCUT2D eigenvalue weighted by Gasteiger charge is 2.05. The number of aryl methyl sites for hydroxylation is 1. The second-order valence-corrected chi connectivity index (χ2v) is 5.74. The van der Waals surface area contributed by atoms with Crippen LogP contribution in [-0.2, 0) is 17.1 Å². The molecule has 1 N–H and O–H groups in total. The van der Waals surface area contributed by atoms with E-state index in [1.54, 1.807) is 18.9 Å². The minimum Gasteiger partial charge on any atom is -0.377 e. The quantitative estimate of drug-likeness (QED) is 0.625. The molecule has 0 fully saturated rings. The van der Waals surface area contributed by atoms with Crippen molar-refractivity contribution in [3.63, 3.8) is 0 Å². The lowest BCUT2D eigenvalue weighted by atomic mass is 10.2. The maximum atomic E-state index is 5.13. The Bertz CT molecular complexity index is 565. The molecule has 5 heteroatoms. The van der Waals surface area contributed by atoms with Gasteiger partial charge in [-0.05, 0) is 19.4 Å². The standard InChI is InChI=1S/C16H21N3OS/c1-4-17-14-9-16(19-15(18-14)10-20-3)21-11-13-7-5-6-12(2)8-13/h5-9H,4,10-11H2,1-3H3,(H,17,18,19). The summed E-state index contributed by atoms with van der Waals surface area (Å²) in [5, 5.41) is 4.20. The number of benzene rings is 1. The Morgan fingerprint density at radius 3 is 2.81 bits per heavy atom. The Morgan fingerprint density at radius 2 is 2.10 bits per heavy atom. The molecule has 0 aliphatic rings. The van der Waals surface area contributed by atoms with Crippen LogP contribution in [-0.4, -0.2) is 23.6 Å². The summed E-state index contributed by atoms with van der Waals surface area (Å²) in [5.74, 6) is 2.46. The predicted molar refractivity (Wildman–Crippen MR) is 87.6 cm³/mol. The van der Waals surface area contributed by atoms with Crippen molar-refractivity contribution in [1.29, 1.82) is 0 Å². The lowest BCUT2D eigenvalue weighted by Gasteiger charge is -2.08. The number of anilines is 1. The third-order valence-electron chi connectivity index (χ3n) is 2.85.